The fraction of sp³-hybridized carbons (Fsp3) is 0.571. The lowest BCUT2D eigenvalue weighted by Gasteiger charge is -2.26. The molecule has 0 aliphatic carbocycles. The van der Waals surface area contributed by atoms with Gasteiger partial charge in [-0.25, -0.2) is 0 Å². The number of benzene rings is 1. The van der Waals surface area contributed by atoms with E-state index in [-0.39, 0.29) is 12.1 Å². The zero-order valence-electron chi connectivity index (χ0n) is 10.9. The van der Waals surface area contributed by atoms with Crippen LogP contribution in [0.2, 0.25) is 0 Å². The summed E-state index contributed by atoms with van der Waals surface area (Å²) < 4.78 is 5.84. The summed E-state index contributed by atoms with van der Waals surface area (Å²) in [4.78, 5) is 0. The molecule has 0 saturated carbocycles. The molecule has 0 spiro atoms. The molecular formula is C14H24N2O. The van der Waals surface area contributed by atoms with Gasteiger partial charge in [-0.15, -0.1) is 0 Å². The summed E-state index contributed by atoms with van der Waals surface area (Å²) in [5.74, 6) is 5.65. The van der Waals surface area contributed by atoms with Gasteiger partial charge in [0, 0.05) is 6.61 Å². The highest BCUT2D eigenvalue weighted by molar-refractivity contribution is 5.19. The number of ether oxygens (including phenoxy) is 1. The standard InChI is InChI=1S/C14H24N2O/c1-3-5-11-13(16-15)14(17-4-2)12-9-7-6-8-10-12/h6-10,13-14,16H,3-5,11,15H2,1-2H3. The van der Waals surface area contributed by atoms with Gasteiger partial charge in [-0.1, -0.05) is 50.1 Å². The summed E-state index contributed by atoms with van der Waals surface area (Å²) in [7, 11) is 0. The minimum atomic E-state index is 0.0396. The Hall–Kier alpha value is -0.900. The molecule has 0 heterocycles. The van der Waals surface area contributed by atoms with Crippen LogP contribution in [0.3, 0.4) is 0 Å². The van der Waals surface area contributed by atoms with Gasteiger partial charge in [0.05, 0.1) is 12.1 Å². The Morgan fingerprint density at radius 2 is 1.94 bits per heavy atom. The van der Waals surface area contributed by atoms with Gasteiger partial charge in [-0.05, 0) is 18.9 Å². The first-order valence-electron chi connectivity index (χ1n) is 6.46. The first kappa shape index (κ1) is 14.2. The molecule has 0 fully saturated rings. The first-order chi connectivity index (χ1) is 8.33. The van der Waals surface area contributed by atoms with Gasteiger partial charge < -0.3 is 4.74 Å². The Morgan fingerprint density at radius 1 is 1.24 bits per heavy atom. The third-order valence-electron chi connectivity index (χ3n) is 2.92. The van der Waals surface area contributed by atoms with Crippen molar-refractivity contribution >= 4 is 0 Å². The molecule has 2 atom stereocenters. The summed E-state index contributed by atoms with van der Waals surface area (Å²) >= 11 is 0. The van der Waals surface area contributed by atoms with Gasteiger partial charge in [-0.3, -0.25) is 11.3 Å². The number of nitrogens with two attached hydrogens (primary N) is 1. The Bertz CT molecular complexity index is 290. The minimum absolute atomic E-state index is 0.0396. The number of hydrogen-bond acceptors (Lipinski definition) is 3. The normalized spacial score (nSPS) is 14.5. The average molecular weight is 236 g/mol. The van der Waals surface area contributed by atoms with Crippen molar-refractivity contribution in [2.24, 2.45) is 5.84 Å². The van der Waals surface area contributed by atoms with E-state index < -0.39 is 0 Å². The van der Waals surface area contributed by atoms with Crippen LogP contribution in [0.1, 0.15) is 44.8 Å². The van der Waals surface area contributed by atoms with Crippen molar-refractivity contribution < 1.29 is 4.74 Å². The van der Waals surface area contributed by atoms with E-state index in [4.69, 9.17) is 10.6 Å². The van der Waals surface area contributed by atoms with E-state index in [1.807, 2.05) is 25.1 Å². The lowest BCUT2D eigenvalue weighted by molar-refractivity contribution is 0.0303. The van der Waals surface area contributed by atoms with Crippen LogP contribution in [0.25, 0.3) is 0 Å². The smallest absolute Gasteiger partial charge is 0.0991 e. The quantitative estimate of drug-likeness (QED) is 0.539. The Morgan fingerprint density at radius 3 is 2.47 bits per heavy atom. The van der Waals surface area contributed by atoms with Gasteiger partial charge in [0.1, 0.15) is 0 Å². The molecule has 96 valence electrons. The summed E-state index contributed by atoms with van der Waals surface area (Å²) in [6.07, 6.45) is 3.40. The Balaban J connectivity index is 2.75. The summed E-state index contributed by atoms with van der Waals surface area (Å²) in [5.41, 5.74) is 4.08. The molecule has 3 heteroatoms. The molecule has 0 aliphatic heterocycles. The molecule has 1 rings (SSSR count). The van der Waals surface area contributed by atoms with Crippen molar-refractivity contribution in [2.45, 2.75) is 45.3 Å². The monoisotopic (exact) mass is 236 g/mol. The van der Waals surface area contributed by atoms with Gasteiger partial charge >= 0.3 is 0 Å². The first-order valence-corrected chi connectivity index (χ1v) is 6.46. The third kappa shape index (κ3) is 4.46. The molecular weight excluding hydrogens is 212 g/mol. The van der Waals surface area contributed by atoms with Gasteiger partial charge in [0.25, 0.3) is 0 Å². The molecule has 1 aromatic carbocycles. The lowest BCUT2D eigenvalue weighted by Crippen LogP contribution is -2.40. The summed E-state index contributed by atoms with van der Waals surface area (Å²) in [5, 5.41) is 0. The number of nitrogens with one attached hydrogen (secondary N) is 1. The molecule has 0 amide bonds. The van der Waals surface area contributed by atoms with E-state index in [0.717, 1.165) is 12.8 Å². The Kier molecular flexibility index (Phi) is 6.86. The second-order valence-corrected chi connectivity index (χ2v) is 4.20. The average Bonchev–Trinajstić information content (AvgIpc) is 2.39. The number of rotatable bonds is 8. The summed E-state index contributed by atoms with van der Waals surface area (Å²) in [6.45, 7) is 4.90. The van der Waals surface area contributed by atoms with Crippen LogP contribution in [0.4, 0.5) is 0 Å². The highest BCUT2D eigenvalue weighted by Gasteiger charge is 2.21. The third-order valence-corrected chi connectivity index (χ3v) is 2.92. The van der Waals surface area contributed by atoms with E-state index in [1.54, 1.807) is 0 Å². The zero-order chi connectivity index (χ0) is 12.5. The zero-order valence-corrected chi connectivity index (χ0v) is 10.9. The number of hydrogen-bond donors (Lipinski definition) is 2. The maximum absolute atomic E-state index is 5.84. The molecule has 1 aromatic rings. The fourth-order valence-electron chi connectivity index (χ4n) is 2.01. The topological polar surface area (TPSA) is 47.3 Å². The van der Waals surface area contributed by atoms with Crippen LogP contribution < -0.4 is 11.3 Å². The molecule has 0 aromatic heterocycles. The van der Waals surface area contributed by atoms with Crippen LogP contribution in [0, 0.1) is 0 Å². The van der Waals surface area contributed by atoms with Gasteiger partial charge in [0.2, 0.25) is 0 Å². The maximum atomic E-state index is 5.84. The second-order valence-electron chi connectivity index (χ2n) is 4.20. The molecule has 17 heavy (non-hydrogen) atoms. The molecule has 3 N–H and O–H groups in total. The summed E-state index contributed by atoms with van der Waals surface area (Å²) in [6, 6.07) is 10.5. The van der Waals surface area contributed by atoms with Gasteiger partial charge in [-0.2, -0.15) is 0 Å². The van der Waals surface area contributed by atoms with Crippen molar-refractivity contribution in [1.82, 2.24) is 5.43 Å². The van der Waals surface area contributed by atoms with Crippen molar-refractivity contribution in [1.29, 1.82) is 0 Å². The predicted octanol–water partition coefficient (Wildman–Crippen LogP) is 2.79. The number of hydrazine groups is 1. The molecule has 3 nitrogen and oxygen atoms in total. The molecule has 0 aliphatic rings. The van der Waals surface area contributed by atoms with E-state index in [1.165, 1.54) is 12.0 Å². The highest BCUT2D eigenvalue weighted by Crippen LogP contribution is 2.23. The van der Waals surface area contributed by atoms with Crippen LogP contribution in [-0.4, -0.2) is 12.6 Å². The van der Waals surface area contributed by atoms with E-state index >= 15 is 0 Å². The van der Waals surface area contributed by atoms with Crippen LogP contribution >= 0.6 is 0 Å². The highest BCUT2D eigenvalue weighted by atomic mass is 16.5. The van der Waals surface area contributed by atoms with Crippen LogP contribution in [0.15, 0.2) is 30.3 Å². The minimum Gasteiger partial charge on any atom is -0.372 e. The lowest BCUT2D eigenvalue weighted by atomic mass is 9.98. The van der Waals surface area contributed by atoms with Crippen molar-refractivity contribution in [2.75, 3.05) is 6.61 Å². The van der Waals surface area contributed by atoms with Crippen LogP contribution in [-0.2, 0) is 4.74 Å². The molecule has 0 bridgehead atoms. The SMILES string of the molecule is CCCCC(NN)C(OCC)c1ccccc1. The fourth-order valence-corrected chi connectivity index (χ4v) is 2.01. The van der Waals surface area contributed by atoms with Crippen molar-refractivity contribution in [3.63, 3.8) is 0 Å². The molecule has 2 unspecified atom stereocenters. The van der Waals surface area contributed by atoms with Crippen molar-refractivity contribution in [3.05, 3.63) is 35.9 Å². The largest absolute Gasteiger partial charge is 0.372 e. The van der Waals surface area contributed by atoms with E-state index in [0.29, 0.717) is 6.61 Å². The van der Waals surface area contributed by atoms with Crippen molar-refractivity contribution in [3.8, 4) is 0 Å². The maximum Gasteiger partial charge on any atom is 0.0991 e. The predicted molar refractivity (Wildman–Crippen MR) is 71.4 cm³/mol. The molecule has 0 radical (unpaired) electrons. The number of unbranched alkanes of at least 4 members (excludes halogenated alkanes) is 1. The van der Waals surface area contributed by atoms with E-state index in [2.05, 4.69) is 24.5 Å². The molecule has 0 saturated heterocycles. The Labute approximate surface area is 104 Å². The second kappa shape index (κ2) is 8.23. The van der Waals surface area contributed by atoms with E-state index in [9.17, 15) is 0 Å². The van der Waals surface area contributed by atoms with Gasteiger partial charge in [0.15, 0.2) is 0 Å². The van der Waals surface area contributed by atoms with Crippen LogP contribution in [0.5, 0.6) is 0 Å².